The first kappa shape index (κ1) is 24.9. The molecule has 38 heavy (non-hydrogen) atoms. The lowest BCUT2D eigenvalue weighted by Crippen LogP contribution is -2.03. The lowest BCUT2D eigenvalue weighted by molar-refractivity contribution is 0.104. The number of carbonyl (C=O) groups is 1. The topological polar surface area (TPSA) is 35.5 Å². The monoisotopic (exact) mass is 506 g/mol. The molecule has 0 N–H and O–H groups in total. The third-order valence-corrected chi connectivity index (χ3v) is 6.40. The highest BCUT2D eigenvalue weighted by molar-refractivity contribution is 6.13. The zero-order chi connectivity index (χ0) is 26.6. The van der Waals surface area contributed by atoms with Crippen LogP contribution in [-0.4, -0.2) is 20.0 Å². The minimum atomic E-state index is -0.378. The van der Waals surface area contributed by atoms with Crippen molar-refractivity contribution in [2.45, 2.75) is 0 Å². The molecule has 0 bridgehead atoms. The molecular weight excluding hydrogens is 482 g/mol. The average molecular weight is 507 g/mol. The standard InChI is InChI=1S/C33H24F2O3/c1-37-29-15-10-24-17-21(3-5-25(24)18-29)4-16-31(36)33-30(23-8-13-28(35)14-9-23)19-26(20-32(33)38-2)22-6-11-27(34)12-7-22/h3-20H,1-2H3/b16-4+. The van der Waals surface area contributed by atoms with Gasteiger partial charge in [-0.05, 0) is 99.3 Å². The van der Waals surface area contributed by atoms with E-state index < -0.39 is 0 Å². The SMILES string of the molecule is COc1ccc2cc(/C=C/C(=O)c3c(OC)cc(-c4ccc(F)cc4)cc3-c3ccc(F)cc3)ccc2c1. The predicted octanol–water partition coefficient (Wildman–Crippen LogP) is 8.37. The first-order chi connectivity index (χ1) is 18.4. The third-order valence-electron chi connectivity index (χ3n) is 6.40. The molecule has 5 aromatic carbocycles. The van der Waals surface area contributed by atoms with Gasteiger partial charge in [0.05, 0.1) is 19.8 Å². The van der Waals surface area contributed by atoms with E-state index in [1.54, 1.807) is 43.5 Å². The van der Waals surface area contributed by atoms with Crippen molar-refractivity contribution in [2.24, 2.45) is 0 Å². The molecule has 5 rings (SSSR count). The quantitative estimate of drug-likeness (QED) is 0.164. The van der Waals surface area contributed by atoms with Gasteiger partial charge >= 0.3 is 0 Å². The predicted molar refractivity (Wildman–Crippen MR) is 148 cm³/mol. The van der Waals surface area contributed by atoms with Gasteiger partial charge in [0.1, 0.15) is 23.1 Å². The van der Waals surface area contributed by atoms with E-state index in [0.717, 1.165) is 33.2 Å². The Hall–Kier alpha value is -4.77. The van der Waals surface area contributed by atoms with E-state index in [2.05, 4.69) is 0 Å². The maximum atomic E-state index is 13.7. The average Bonchev–Trinajstić information content (AvgIpc) is 2.95. The van der Waals surface area contributed by atoms with Gasteiger partial charge in [0, 0.05) is 0 Å². The minimum absolute atomic E-state index is 0.262. The lowest BCUT2D eigenvalue weighted by atomic mass is 9.91. The minimum Gasteiger partial charge on any atom is -0.497 e. The van der Waals surface area contributed by atoms with Crippen LogP contribution in [0.2, 0.25) is 0 Å². The highest BCUT2D eigenvalue weighted by Crippen LogP contribution is 2.37. The Morgan fingerprint density at radius 2 is 1.29 bits per heavy atom. The van der Waals surface area contributed by atoms with Crippen LogP contribution in [0.4, 0.5) is 8.78 Å². The molecule has 0 heterocycles. The van der Waals surface area contributed by atoms with Gasteiger partial charge in [-0.1, -0.05) is 48.5 Å². The molecule has 0 saturated carbocycles. The van der Waals surface area contributed by atoms with Crippen molar-refractivity contribution in [2.75, 3.05) is 14.2 Å². The largest absolute Gasteiger partial charge is 0.497 e. The van der Waals surface area contributed by atoms with Gasteiger partial charge in [-0.3, -0.25) is 4.79 Å². The number of hydrogen-bond acceptors (Lipinski definition) is 3. The highest BCUT2D eigenvalue weighted by atomic mass is 19.1. The third kappa shape index (κ3) is 5.18. The Balaban J connectivity index is 1.57. The fourth-order valence-corrected chi connectivity index (χ4v) is 4.42. The molecule has 0 aliphatic rings. The van der Waals surface area contributed by atoms with E-state index in [-0.39, 0.29) is 17.4 Å². The van der Waals surface area contributed by atoms with Gasteiger partial charge in [-0.15, -0.1) is 0 Å². The van der Waals surface area contributed by atoms with Gasteiger partial charge in [-0.2, -0.15) is 0 Å². The number of rotatable bonds is 7. The van der Waals surface area contributed by atoms with Crippen molar-refractivity contribution in [1.29, 1.82) is 0 Å². The highest BCUT2D eigenvalue weighted by Gasteiger charge is 2.19. The molecule has 0 unspecified atom stereocenters. The van der Waals surface area contributed by atoms with Crippen LogP contribution in [0.1, 0.15) is 15.9 Å². The molecule has 0 radical (unpaired) electrons. The summed E-state index contributed by atoms with van der Waals surface area (Å²) in [6.07, 6.45) is 3.26. The first-order valence-corrected chi connectivity index (χ1v) is 12.0. The molecule has 0 aliphatic heterocycles. The Bertz CT molecular complexity index is 1650. The van der Waals surface area contributed by atoms with E-state index in [9.17, 15) is 13.6 Å². The van der Waals surface area contributed by atoms with Gasteiger partial charge < -0.3 is 9.47 Å². The van der Waals surface area contributed by atoms with Crippen LogP contribution in [0, 0.1) is 11.6 Å². The van der Waals surface area contributed by atoms with Crippen molar-refractivity contribution >= 4 is 22.6 Å². The molecule has 0 atom stereocenters. The number of ketones is 1. The Labute approximate surface area is 219 Å². The van der Waals surface area contributed by atoms with Crippen LogP contribution in [0.5, 0.6) is 11.5 Å². The van der Waals surface area contributed by atoms with E-state index in [0.29, 0.717) is 22.4 Å². The van der Waals surface area contributed by atoms with Gasteiger partial charge in [-0.25, -0.2) is 8.78 Å². The van der Waals surface area contributed by atoms with Crippen LogP contribution in [0.3, 0.4) is 0 Å². The van der Waals surface area contributed by atoms with Crippen molar-refractivity contribution in [3.63, 3.8) is 0 Å². The summed E-state index contributed by atoms with van der Waals surface area (Å²) in [4.78, 5) is 13.6. The first-order valence-electron chi connectivity index (χ1n) is 12.0. The second-order valence-corrected chi connectivity index (χ2v) is 8.78. The summed E-state index contributed by atoms with van der Waals surface area (Å²) in [6.45, 7) is 0. The fraction of sp³-hybridized carbons (Fsp3) is 0.0606. The summed E-state index contributed by atoms with van der Waals surface area (Å²) < 4.78 is 38.2. The molecule has 0 aliphatic carbocycles. The molecule has 5 aromatic rings. The molecule has 0 amide bonds. The van der Waals surface area contributed by atoms with Crippen LogP contribution < -0.4 is 9.47 Å². The Morgan fingerprint density at radius 3 is 1.95 bits per heavy atom. The van der Waals surface area contributed by atoms with E-state index in [4.69, 9.17) is 9.47 Å². The number of ether oxygens (including phenoxy) is 2. The summed E-state index contributed by atoms with van der Waals surface area (Å²) in [5, 5.41) is 2.05. The zero-order valence-corrected chi connectivity index (χ0v) is 20.9. The smallest absolute Gasteiger partial charge is 0.190 e. The summed E-state index contributed by atoms with van der Waals surface area (Å²) >= 11 is 0. The van der Waals surface area contributed by atoms with Crippen molar-refractivity contribution < 1.29 is 23.0 Å². The summed E-state index contributed by atoms with van der Waals surface area (Å²) in [5.41, 5.74) is 3.96. The molecule has 0 aromatic heterocycles. The normalized spacial score (nSPS) is 11.2. The molecule has 188 valence electrons. The zero-order valence-electron chi connectivity index (χ0n) is 20.9. The number of methoxy groups -OCH3 is 2. The molecular formula is C33H24F2O3. The van der Waals surface area contributed by atoms with Crippen LogP contribution in [0.15, 0.2) is 103 Å². The van der Waals surface area contributed by atoms with E-state index in [1.807, 2.05) is 42.5 Å². The number of hydrogen-bond donors (Lipinski definition) is 0. The lowest BCUT2D eigenvalue weighted by Gasteiger charge is -2.15. The molecule has 0 spiro atoms. The molecule has 3 nitrogen and oxygen atoms in total. The van der Waals surface area contributed by atoms with Crippen molar-refractivity contribution in [3.8, 4) is 33.8 Å². The molecule has 5 heteroatoms. The second-order valence-electron chi connectivity index (χ2n) is 8.78. The van der Waals surface area contributed by atoms with Gasteiger partial charge in [0.15, 0.2) is 5.78 Å². The van der Waals surface area contributed by atoms with Crippen molar-refractivity contribution in [1.82, 2.24) is 0 Å². The Kier molecular flexibility index (Phi) is 7.00. The summed E-state index contributed by atoms with van der Waals surface area (Å²) in [7, 11) is 3.13. The van der Waals surface area contributed by atoms with Gasteiger partial charge in [0.2, 0.25) is 0 Å². The van der Waals surface area contributed by atoms with Crippen molar-refractivity contribution in [3.05, 3.63) is 126 Å². The van der Waals surface area contributed by atoms with E-state index >= 15 is 0 Å². The van der Waals surface area contributed by atoms with Crippen LogP contribution >= 0.6 is 0 Å². The molecule has 0 fully saturated rings. The fourth-order valence-electron chi connectivity index (χ4n) is 4.42. The number of fused-ring (bicyclic) bond motifs is 1. The Morgan fingerprint density at radius 1 is 0.658 bits per heavy atom. The van der Waals surface area contributed by atoms with Gasteiger partial charge in [0.25, 0.3) is 0 Å². The number of allylic oxidation sites excluding steroid dienone is 1. The summed E-state index contributed by atoms with van der Waals surface area (Å²) in [5.74, 6) is 0.162. The maximum absolute atomic E-state index is 13.7. The van der Waals surface area contributed by atoms with Crippen LogP contribution in [-0.2, 0) is 0 Å². The van der Waals surface area contributed by atoms with E-state index in [1.165, 1.54) is 37.5 Å². The number of halogens is 2. The maximum Gasteiger partial charge on any atom is 0.190 e. The number of carbonyl (C=O) groups excluding carboxylic acids is 1. The number of benzene rings is 5. The second kappa shape index (κ2) is 10.7. The van der Waals surface area contributed by atoms with Crippen LogP contribution in [0.25, 0.3) is 39.1 Å². The summed E-state index contributed by atoms with van der Waals surface area (Å²) in [6, 6.07) is 27.3. The molecule has 0 saturated heterocycles.